The van der Waals surface area contributed by atoms with Crippen molar-refractivity contribution in [1.29, 1.82) is 0 Å². The molecule has 2 rings (SSSR count). The third-order valence-corrected chi connectivity index (χ3v) is 3.21. The first-order chi connectivity index (χ1) is 7.25. The molecule has 0 amide bonds. The predicted octanol–water partition coefficient (Wildman–Crippen LogP) is 1.51. The summed E-state index contributed by atoms with van der Waals surface area (Å²) in [6, 6.07) is 8.62. The fourth-order valence-corrected chi connectivity index (χ4v) is 2.16. The van der Waals surface area contributed by atoms with Crippen LogP contribution in [0.4, 0.5) is 0 Å². The average Bonchev–Trinajstić information content (AvgIpc) is 2.25. The van der Waals surface area contributed by atoms with Crippen LogP contribution in [0.1, 0.15) is 17.5 Å². The third-order valence-electron chi connectivity index (χ3n) is 3.21. The van der Waals surface area contributed by atoms with Gasteiger partial charge in [0.2, 0.25) is 0 Å². The van der Waals surface area contributed by atoms with Gasteiger partial charge >= 0.3 is 0 Å². The highest BCUT2D eigenvalue weighted by Crippen LogP contribution is 2.18. The van der Waals surface area contributed by atoms with Gasteiger partial charge in [0.25, 0.3) is 0 Å². The maximum absolute atomic E-state index is 9.82. The number of hydrogen-bond acceptors (Lipinski definition) is 2. The van der Waals surface area contributed by atoms with E-state index in [2.05, 4.69) is 36.5 Å². The fraction of sp³-hybridized carbons (Fsp3) is 0.538. The van der Waals surface area contributed by atoms with E-state index < -0.39 is 0 Å². The first kappa shape index (κ1) is 10.7. The Bertz CT molecular complexity index is 307. The summed E-state index contributed by atoms with van der Waals surface area (Å²) in [5, 5.41) is 13.0. The van der Waals surface area contributed by atoms with Crippen molar-refractivity contribution in [2.24, 2.45) is 5.92 Å². The zero-order valence-corrected chi connectivity index (χ0v) is 9.24. The molecule has 1 heterocycles. The SMILES string of the molecule is Cc1ccc(C[C@@H]2CCNC[C@@H]2O)cc1. The van der Waals surface area contributed by atoms with Crippen LogP contribution in [-0.2, 0) is 6.42 Å². The van der Waals surface area contributed by atoms with E-state index in [0.29, 0.717) is 5.92 Å². The standard InChI is InChI=1S/C13H19NO/c1-10-2-4-11(5-3-10)8-12-6-7-14-9-13(12)15/h2-5,12-15H,6-9H2,1H3/t12-,13-/m0/s1. The van der Waals surface area contributed by atoms with Gasteiger partial charge in [0, 0.05) is 6.54 Å². The number of hydrogen-bond donors (Lipinski definition) is 2. The second-order valence-corrected chi connectivity index (χ2v) is 4.51. The Morgan fingerprint density at radius 2 is 2.07 bits per heavy atom. The van der Waals surface area contributed by atoms with E-state index in [1.807, 2.05) is 0 Å². The molecule has 0 aliphatic carbocycles. The average molecular weight is 205 g/mol. The highest BCUT2D eigenvalue weighted by Gasteiger charge is 2.22. The number of β-amino-alcohol motifs (C(OH)–C–C–N with tert-alkyl or cyclic N) is 1. The zero-order chi connectivity index (χ0) is 10.7. The number of benzene rings is 1. The Morgan fingerprint density at radius 1 is 1.33 bits per heavy atom. The highest BCUT2D eigenvalue weighted by molar-refractivity contribution is 5.21. The Balaban J connectivity index is 1.98. The number of aliphatic hydroxyl groups is 1. The molecule has 2 N–H and O–H groups in total. The van der Waals surface area contributed by atoms with E-state index in [4.69, 9.17) is 0 Å². The van der Waals surface area contributed by atoms with Gasteiger partial charge in [-0.15, -0.1) is 0 Å². The number of aliphatic hydroxyl groups excluding tert-OH is 1. The van der Waals surface area contributed by atoms with E-state index in [0.717, 1.165) is 25.9 Å². The van der Waals surface area contributed by atoms with Crippen LogP contribution in [0.15, 0.2) is 24.3 Å². The Labute approximate surface area is 91.3 Å². The fourth-order valence-electron chi connectivity index (χ4n) is 2.16. The molecule has 0 unspecified atom stereocenters. The van der Waals surface area contributed by atoms with Crippen LogP contribution in [0.25, 0.3) is 0 Å². The molecule has 1 fully saturated rings. The number of nitrogens with one attached hydrogen (secondary N) is 1. The monoisotopic (exact) mass is 205 g/mol. The van der Waals surface area contributed by atoms with Crippen LogP contribution in [0, 0.1) is 12.8 Å². The minimum absolute atomic E-state index is 0.181. The quantitative estimate of drug-likeness (QED) is 0.767. The number of piperidine rings is 1. The van der Waals surface area contributed by atoms with Gasteiger partial charge < -0.3 is 10.4 Å². The molecule has 0 saturated carbocycles. The minimum Gasteiger partial charge on any atom is -0.392 e. The van der Waals surface area contributed by atoms with Crippen LogP contribution in [-0.4, -0.2) is 24.3 Å². The maximum Gasteiger partial charge on any atom is 0.0696 e. The predicted molar refractivity (Wildman–Crippen MR) is 61.9 cm³/mol. The van der Waals surface area contributed by atoms with Crippen LogP contribution in [0.2, 0.25) is 0 Å². The van der Waals surface area contributed by atoms with E-state index in [1.165, 1.54) is 11.1 Å². The van der Waals surface area contributed by atoms with E-state index in [9.17, 15) is 5.11 Å². The topological polar surface area (TPSA) is 32.3 Å². The lowest BCUT2D eigenvalue weighted by Crippen LogP contribution is -2.41. The summed E-state index contributed by atoms with van der Waals surface area (Å²) in [6.45, 7) is 3.88. The molecule has 2 heteroatoms. The van der Waals surface area contributed by atoms with Crippen molar-refractivity contribution in [3.8, 4) is 0 Å². The largest absolute Gasteiger partial charge is 0.392 e. The maximum atomic E-state index is 9.82. The summed E-state index contributed by atoms with van der Waals surface area (Å²) < 4.78 is 0. The molecular formula is C13H19NO. The van der Waals surface area contributed by atoms with Crippen molar-refractivity contribution in [2.45, 2.75) is 25.9 Å². The summed E-state index contributed by atoms with van der Waals surface area (Å²) in [7, 11) is 0. The first-order valence-electron chi connectivity index (χ1n) is 5.70. The normalized spacial score (nSPS) is 26.5. The molecular weight excluding hydrogens is 186 g/mol. The summed E-state index contributed by atoms with van der Waals surface area (Å²) in [4.78, 5) is 0. The third kappa shape index (κ3) is 2.80. The molecule has 0 bridgehead atoms. The van der Waals surface area contributed by atoms with Gasteiger partial charge in [-0.05, 0) is 37.8 Å². The molecule has 82 valence electrons. The van der Waals surface area contributed by atoms with Gasteiger partial charge in [-0.3, -0.25) is 0 Å². The van der Waals surface area contributed by atoms with Gasteiger partial charge in [-0.1, -0.05) is 29.8 Å². The molecule has 0 radical (unpaired) electrons. The molecule has 2 atom stereocenters. The lowest BCUT2D eigenvalue weighted by Gasteiger charge is -2.28. The van der Waals surface area contributed by atoms with Crippen molar-refractivity contribution in [3.63, 3.8) is 0 Å². The summed E-state index contributed by atoms with van der Waals surface area (Å²) in [5.41, 5.74) is 2.64. The molecule has 0 spiro atoms. The second kappa shape index (κ2) is 4.77. The molecule has 1 aromatic rings. The van der Waals surface area contributed by atoms with Crippen LogP contribution in [0.5, 0.6) is 0 Å². The van der Waals surface area contributed by atoms with Gasteiger partial charge in [0.15, 0.2) is 0 Å². The van der Waals surface area contributed by atoms with Gasteiger partial charge in [-0.2, -0.15) is 0 Å². The Kier molecular flexibility index (Phi) is 3.39. The van der Waals surface area contributed by atoms with Crippen LogP contribution in [0.3, 0.4) is 0 Å². The van der Waals surface area contributed by atoms with Crippen molar-refractivity contribution in [1.82, 2.24) is 5.32 Å². The molecule has 2 nitrogen and oxygen atoms in total. The highest BCUT2D eigenvalue weighted by atomic mass is 16.3. The number of aryl methyl sites for hydroxylation is 1. The van der Waals surface area contributed by atoms with E-state index in [-0.39, 0.29) is 6.10 Å². The number of rotatable bonds is 2. The lowest BCUT2D eigenvalue weighted by atomic mass is 9.88. The van der Waals surface area contributed by atoms with Crippen molar-refractivity contribution >= 4 is 0 Å². The zero-order valence-electron chi connectivity index (χ0n) is 9.24. The molecule has 1 aliphatic rings. The van der Waals surface area contributed by atoms with Gasteiger partial charge in [0.05, 0.1) is 6.10 Å². The van der Waals surface area contributed by atoms with E-state index in [1.54, 1.807) is 0 Å². The second-order valence-electron chi connectivity index (χ2n) is 4.51. The minimum atomic E-state index is -0.181. The van der Waals surface area contributed by atoms with Gasteiger partial charge in [-0.25, -0.2) is 0 Å². The van der Waals surface area contributed by atoms with Crippen molar-refractivity contribution in [2.75, 3.05) is 13.1 Å². The first-order valence-corrected chi connectivity index (χ1v) is 5.70. The molecule has 1 aromatic carbocycles. The smallest absolute Gasteiger partial charge is 0.0696 e. The summed E-state index contributed by atoms with van der Waals surface area (Å²) in [5.74, 6) is 0.425. The molecule has 0 aromatic heterocycles. The lowest BCUT2D eigenvalue weighted by molar-refractivity contribution is 0.0820. The summed E-state index contributed by atoms with van der Waals surface area (Å²) in [6.07, 6.45) is 1.90. The van der Waals surface area contributed by atoms with Crippen LogP contribution < -0.4 is 5.32 Å². The molecule has 1 saturated heterocycles. The molecule has 15 heavy (non-hydrogen) atoms. The summed E-state index contributed by atoms with van der Waals surface area (Å²) >= 11 is 0. The van der Waals surface area contributed by atoms with Crippen molar-refractivity contribution < 1.29 is 5.11 Å². The van der Waals surface area contributed by atoms with Crippen molar-refractivity contribution in [3.05, 3.63) is 35.4 Å². The Morgan fingerprint density at radius 3 is 2.73 bits per heavy atom. The molecule has 1 aliphatic heterocycles. The van der Waals surface area contributed by atoms with Gasteiger partial charge in [0.1, 0.15) is 0 Å². The van der Waals surface area contributed by atoms with E-state index >= 15 is 0 Å². The Hall–Kier alpha value is -0.860. The van der Waals surface area contributed by atoms with Crippen LogP contribution >= 0.6 is 0 Å².